The Morgan fingerprint density at radius 3 is 2.30 bits per heavy atom. The molecule has 1 aliphatic rings. The highest BCUT2D eigenvalue weighted by Gasteiger charge is 2.26. The van der Waals surface area contributed by atoms with Gasteiger partial charge in [-0.15, -0.1) is 0 Å². The molecule has 0 spiro atoms. The van der Waals surface area contributed by atoms with Crippen molar-refractivity contribution in [3.05, 3.63) is 59.2 Å². The minimum absolute atomic E-state index is 0.130. The average molecular weight is 473 g/mol. The van der Waals surface area contributed by atoms with Gasteiger partial charge in [0.15, 0.2) is 0 Å². The van der Waals surface area contributed by atoms with Gasteiger partial charge in [0, 0.05) is 24.3 Å². The molecule has 1 heterocycles. The van der Waals surface area contributed by atoms with Gasteiger partial charge in [-0.3, -0.25) is 4.79 Å². The van der Waals surface area contributed by atoms with Crippen molar-refractivity contribution in [2.24, 2.45) is 0 Å². The highest BCUT2D eigenvalue weighted by molar-refractivity contribution is 7.89. The van der Waals surface area contributed by atoms with Crippen LogP contribution in [0.3, 0.4) is 0 Å². The quantitative estimate of drug-likeness (QED) is 0.441. The van der Waals surface area contributed by atoms with Crippen molar-refractivity contribution in [1.82, 2.24) is 4.31 Å². The first kappa shape index (κ1) is 24.9. The fourth-order valence-electron chi connectivity index (χ4n) is 3.72. The molecule has 0 saturated carbocycles. The molecule has 1 N–H and O–H groups in total. The van der Waals surface area contributed by atoms with Gasteiger partial charge < -0.3 is 10.1 Å². The number of ether oxygens (including phenoxy) is 1. The van der Waals surface area contributed by atoms with E-state index >= 15 is 0 Å². The number of hydrogen-bond donors (Lipinski definition) is 1. The molecule has 0 bridgehead atoms. The molecule has 3 rings (SSSR count). The van der Waals surface area contributed by atoms with Crippen molar-refractivity contribution in [3.8, 4) is 0 Å². The molecule has 0 aliphatic carbocycles. The van der Waals surface area contributed by atoms with Crippen LogP contribution in [0.1, 0.15) is 71.7 Å². The van der Waals surface area contributed by atoms with Gasteiger partial charge in [0.1, 0.15) is 0 Å². The number of amides is 1. The van der Waals surface area contributed by atoms with E-state index in [-0.39, 0.29) is 4.90 Å². The van der Waals surface area contributed by atoms with E-state index in [9.17, 15) is 18.0 Å². The van der Waals surface area contributed by atoms with Gasteiger partial charge in [-0.05, 0) is 68.1 Å². The maximum absolute atomic E-state index is 13.1. The van der Waals surface area contributed by atoms with E-state index in [0.29, 0.717) is 42.1 Å². The summed E-state index contributed by atoms with van der Waals surface area (Å²) >= 11 is 0. The number of benzene rings is 2. The minimum Gasteiger partial charge on any atom is -0.462 e. The van der Waals surface area contributed by atoms with Crippen LogP contribution in [0.2, 0.25) is 0 Å². The fourth-order valence-corrected chi connectivity index (χ4v) is 5.26. The lowest BCUT2D eigenvalue weighted by Crippen LogP contribution is -2.32. The molecule has 33 heavy (non-hydrogen) atoms. The van der Waals surface area contributed by atoms with E-state index in [2.05, 4.69) is 5.32 Å². The summed E-state index contributed by atoms with van der Waals surface area (Å²) < 4.78 is 33.0. The third-order valence-electron chi connectivity index (χ3n) is 5.77. The summed E-state index contributed by atoms with van der Waals surface area (Å²) in [6.45, 7) is 5.18. The number of hydrogen-bond acceptors (Lipinski definition) is 5. The second kappa shape index (κ2) is 11.4. The lowest BCUT2D eigenvalue weighted by atomic mass is 10.1. The van der Waals surface area contributed by atoms with Crippen LogP contribution < -0.4 is 5.32 Å². The van der Waals surface area contributed by atoms with Crippen LogP contribution in [-0.2, 0) is 14.8 Å². The van der Waals surface area contributed by atoms with Crippen LogP contribution in [0.5, 0.6) is 0 Å². The number of esters is 1. The molecule has 178 valence electrons. The Balaban J connectivity index is 1.73. The average Bonchev–Trinajstić information content (AvgIpc) is 3.10. The standard InChI is InChI=1S/C25H32N2O5S/c1-3-4-17-32-25(29)20-10-12-21(13-11-20)26-24(28)23-18-22(14-9-19(23)2)33(30,31)27-15-7-5-6-8-16-27/h9-14,18H,3-8,15-17H2,1-2H3,(H,26,28). The molecule has 1 saturated heterocycles. The number of carbonyl (C=O) groups is 2. The lowest BCUT2D eigenvalue weighted by Gasteiger charge is -2.20. The van der Waals surface area contributed by atoms with Crippen molar-refractivity contribution in [1.29, 1.82) is 0 Å². The minimum atomic E-state index is -3.65. The lowest BCUT2D eigenvalue weighted by molar-refractivity contribution is 0.0499. The zero-order valence-corrected chi connectivity index (χ0v) is 20.1. The number of anilines is 1. The van der Waals surface area contributed by atoms with E-state index in [0.717, 1.165) is 38.5 Å². The summed E-state index contributed by atoms with van der Waals surface area (Å²) in [5.41, 5.74) is 1.89. The number of unbranched alkanes of at least 4 members (excludes halogenated alkanes) is 1. The van der Waals surface area contributed by atoms with Crippen LogP contribution in [0.25, 0.3) is 0 Å². The Labute approximate surface area is 196 Å². The predicted octanol–water partition coefficient (Wildman–Crippen LogP) is 4.77. The first-order valence-electron chi connectivity index (χ1n) is 11.5. The zero-order valence-electron chi connectivity index (χ0n) is 19.3. The highest BCUT2D eigenvalue weighted by Crippen LogP contribution is 2.23. The summed E-state index contributed by atoms with van der Waals surface area (Å²) in [6, 6.07) is 11.1. The zero-order chi connectivity index (χ0) is 23.8. The summed E-state index contributed by atoms with van der Waals surface area (Å²) in [5.74, 6) is -0.803. The molecule has 2 aromatic carbocycles. The number of sulfonamides is 1. The van der Waals surface area contributed by atoms with E-state index in [1.54, 1.807) is 43.3 Å². The Hall–Kier alpha value is -2.71. The fraction of sp³-hybridized carbons (Fsp3) is 0.440. The molecule has 2 aromatic rings. The van der Waals surface area contributed by atoms with E-state index in [4.69, 9.17) is 4.74 Å². The van der Waals surface area contributed by atoms with Crippen molar-refractivity contribution in [3.63, 3.8) is 0 Å². The molecule has 0 unspecified atom stereocenters. The third kappa shape index (κ3) is 6.42. The largest absolute Gasteiger partial charge is 0.462 e. The van der Waals surface area contributed by atoms with Gasteiger partial charge in [0.25, 0.3) is 5.91 Å². The van der Waals surface area contributed by atoms with Crippen molar-refractivity contribution in [2.45, 2.75) is 57.3 Å². The van der Waals surface area contributed by atoms with Crippen molar-refractivity contribution < 1.29 is 22.7 Å². The SMILES string of the molecule is CCCCOC(=O)c1ccc(NC(=O)c2cc(S(=O)(=O)N3CCCCCC3)ccc2C)cc1. The first-order valence-corrected chi connectivity index (χ1v) is 13.0. The normalized spacial score (nSPS) is 15.0. The Kier molecular flexibility index (Phi) is 8.63. The molecule has 8 heteroatoms. The third-order valence-corrected chi connectivity index (χ3v) is 7.66. The van der Waals surface area contributed by atoms with Crippen LogP contribution in [-0.4, -0.2) is 44.3 Å². The molecular formula is C25H32N2O5S. The first-order chi connectivity index (χ1) is 15.8. The van der Waals surface area contributed by atoms with Gasteiger partial charge >= 0.3 is 5.97 Å². The van der Waals surface area contributed by atoms with Gasteiger partial charge in [-0.1, -0.05) is 32.3 Å². The van der Waals surface area contributed by atoms with Gasteiger partial charge in [-0.25, -0.2) is 13.2 Å². The maximum Gasteiger partial charge on any atom is 0.338 e. The van der Waals surface area contributed by atoms with Gasteiger partial charge in [0.05, 0.1) is 17.1 Å². The highest BCUT2D eigenvalue weighted by atomic mass is 32.2. The second-order valence-corrected chi connectivity index (χ2v) is 10.3. The number of aryl methyl sites for hydroxylation is 1. The molecule has 1 amide bonds. The molecule has 1 aliphatic heterocycles. The van der Waals surface area contributed by atoms with Crippen LogP contribution >= 0.6 is 0 Å². The smallest absolute Gasteiger partial charge is 0.338 e. The van der Waals surface area contributed by atoms with Crippen molar-refractivity contribution in [2.75, 3.05) is 25.0 Å². The number of nitrogens with one attached hydrogen (secondary N) is 1. The summed E-state index contributed by atoms with van der Waals surface area (Å²) in [6.07, 6.45) is 5.51. The van der Waals surface area contributed by atoms with Crippen LogP contribution in [0, 0.1) is 6.92 Å². The van der Waals surface area contributed by atoms with E-state index in [1.807, 2.05) is 6.92 Å². The summed E-state index contributed by atoms with van der Waals surface area (Å²) in [4.78, 5) is 25.1. The van der Waals surface area contributed by atoms with Gasteiger partial charge in [0.2, 0.25) is 10.0 Å². The van der Waals surface area contributed by atoms with Crippen LogP contribution in [0.15, 0.2) is 47.4 Å². The Morgan fingerprint density at radius 2 is 1.67 bits per heavy atom. The topological polar surface area (TPSA) is 92.8 Å². The molecule has 0 atom stereocenters. The Bertz CT molecular complexity index is 1070. The number of carbonyl (C=O) groups excluding carboxylic acids is 2. The summed E-state index contributed by atoms with van der Waals surface area (Å²) in [7, 11) is -3.65. The Morgan fingerprint density at radius 1 is 1.00 bits per heavy atom. The number of rotatable bonds is 8. The van der Waals surface area contributed by atoms with Crippen molar-refractivity contribution >= 4 is 27.6 Å². The second-order valence-electron chi connectivity index (χ2n) is 8.32. The molecule has 0 aromatic heterocycles. The molecule has 7 nitrogen and oxygen atoms in total. The van der Waals surface area contributed by atoms with E-state index in [1.165, 1.54) is 10.4 Å². The maximum atomic E-state index is 13.1. The van der Waals surface area contributed by atoms with Crippen LogP contribution in [0.4, 0.5) is 5.69 Å². The predicted molar refractivity (Wildman–Crippen MR) is 128 cm³/mol. The number of nitrogens with zero attached hydrogens (tertiary/aromatic N) is 1. The van der Waals surface area contributed by atoms with Gasteiger partial charge in [-0.2, -0.15) is 4.31 Å². The monoisotopic (exact) mass is 472 g/mol. The summed E-state index contributed by atoms with van der Waals surface area (Å²) in [5, 5.41) is 2.79. The molecule has 0 radical (unpaired) electrons. The van der Waals surface area contributed by atoms with E-state index < -0.39 is 21.9 Å². The molecule has 1 fully saturated rings. The molecular weight excluding hydrogens is 440 g/mol.